The van der Waals surface area contributed by atoms with Gasteiger partial charge >= 0.3 is 0 Å². The maximum absolute atomic E-state index is 12.8. The third-order valence-corrected chi connectivity index (χ3v) is 5.92. The molecule has 1 atom stereocenters. The maximum Gasteiger partial charge on any atom is 0.277 e. The first-order chi connectivity index (χ1) is 13.8. The number of thioether (sulfide) groups is 1. The molecular formula is C23H27N3O2S. The molecule has 29 heavy (non-hydrogen) atoms. The van der Waals surface area contributed by atoms with Crippen LogP contribution in [0.2, 0.25) is 0 Å². The van der Waals surface area contributed by atoms with Crippen molar-refractivity contribution in [3.8, 4) is 11.5 Å². The van der Waals surface area contributed by atoms with Crippen LogP contribution in [0.3, 0.4) is 0 Å². The number of nitrogens with one attached hydrogen (secondary N) is 1. The lowest BCUT2D eigenvalue weighted by molar-refractivity contribution is -0.115. The van der Waals surface area contributed by atoms with E-state index >= 15 is 0 Å². The topological polar surface area (TPSA) is 68.0 Å². The van der Waals surface area contributed by atoms with Crippen molar-refractivity contribution in [2.45, 2.75) is 57.9 Å². The van der Waals surface area contributed by atoms with Crippen molar-refractivity contribution >= 4 is 23.4 Å². The summed E-state index contributed by atoms with van der Waals surface area (Å²) < 4.78 is 5.78. The monoisotopic (exact) mass is 409 g/mol. The molecular weight excluding hydrogens is 382 g/mol. The van der Waals surface area contributed by atoms with Crippen LogP contribution in [0.1, 0.15) is 48.9 Å². The van der Waals surface area contributed by atoms with Crippen molar-refractivity contribution in [1.82, 2.24) is 10.2 Å². The number of hydrogen-bond donors (Lipinski definition) is 1. The average Bonchev–Trinajstić information content (AvgIpc) is 3.13. The second-order valence-electron chi connectivity index (χ2n) is 7.62. The summed E-state index contributed by atoms with van der Waals surface area (Å²) in [6, 6.07) is 12.1. The molecule has 0 aliphatic carbocycles. The number of amides is 1. The Morgan fingerprint density at radius 1 is 1.00 bits per heavy atom. The molecule has 5 nitrogen and oxygen atoms in total. The van der Waals surface area contributed by atoms with E-state index in [4.69, 9.17) is 4.42 Å². The SMILES string of the molecule is Cc1ccc(-c2nnc(SC(C)C(=O)Nc3c(C)cccc3C(C)C)o2)cc1C. The second-order valence-corrected chi connectivity index (χ2v) is 8.91. The molecule has 0 fully saturated rings. The van der Waals surface area contributed by atoms with Gasteiger partial charge in [0.25, 0.3) is 5.22 Å². The van der Waals surface area contributed by atoms with Crippen LogP contribution in [0, 0.1) is 20.8 Å². The van der Waals surface area contributed by atoms with Crippen LogP contribution < -0.4 is 5.32 Å². The van der Waals surface area contributed by atoms with Crippen LogP contribution >= 0.6 is 11.8 Å². The Hall–Kier alpha value is -2.60. The number of benzene rings is 2. The van der Waals surface area contributed by atoms with Gasteiger partial charge in [0.2, 0.25) is 11.8 Å². The van der Waals surface area contributed by atoms with Crippen LogP contribution in [0.4, 0.5) is 5.69 Å². The Kier molecular flexibility index (Phi) is 6.42. The number of rotatable bonds is 6. The molecule has 0 saturated carbocycles. The quantitative estimate of drug-likeness (QED) is 0.513. The van der Waals surface area contributed by atoms with E-state index in [9.17, 15) is 4.79 Å². The highest BCUT2D eigenvalue weighted by molar-refractivity contribution is 8.00. The van der Waals surface area contributed by atoms with Gasteiger partial charge < -0.3 is 9.73 Å². The molecule has 2 aromatic carbocycles. The van der Waals surface area contributed by atoms with Gasteiger partial charge in [-0.3, -0.25) is 4.79 Å². The second kappa shape index (κ2) is 8.82. The Bertz CT molecular complexity index is 1030. The number of anilines is 1. The molecule has 1 aromatic heterocycles. The van der Waals surface area contributed by atoms with Gasteiger partial charge in [0, 0.05) is 11.3 Å². The molecule has 3 aromatic rings. The van der Waals surface area contributed by atoms with E-state index in [1.54, 1.807) is 0 Å². The Balaban J connectivity index is 1.71. The lowest BCUT2D eigenvalue weighted by Gasteiger charge is -2.18. The molecule has 0 saturated heterocycles. The number of aryl methyl sites for hydroxylation is 3. The first-order valence-corrected chi connectivity index (χ1v) is 10.6. The van der Waals surface area contributed by atoms with Crippen molar-refractivity contribution < 1.29 is 9.21 Å². The predicted octanol–water partition coefficient (Wildman–Crippen LogP) is 5.90. The molecule has 1 amide bonds. The molecule has 0 aliphatic heterocycles. The van der Waals surface area contributed by atoms with Gasteiger partial charge in [-0.2, -0.15) is 0 Å². The normalized spacial score (nSPS) is 12.2. The number of carbonyl (C=O) groups is 1. The zero-order valence-corrected chi connectivity index (χ0v) is 18.6. The number of carbonyl (C=O) groups excluding carboxylic acids is 1. The fourth-order valence-electron chi connectivity index (χ4n) is 3.02. The van der Waals surface area contributed by atoms with Crippen LogP contribution in [-0.2, 0) is 4.79 Å². The van der Waals surface area contributed by atoms with Crippen molar-refractivity contribution in [2.24, 2.45) is 0 Å². The highest BCUT2D eigenvalue weighted by Gasteiger charge is 2.21. The highest BCUT2D eigenvalue weighted by Crippen LogP contribution is 2.30. The molecule has 0 radical (unpaired) electrons. The molecule has 1 unspecified atom stereocenters. The van der Waals surface area contributed by atoms with Crippen LogP contribution in [0.15, 0.2) is 46.0 Å². The van der Waals surface area contributed by atoms with Crippen molar-refractivity contribution in [2.75, 3.05) is 5.32 Å². The lowest BCUT2D eigenvalue weighted by Crippen LogP contribution is -2.23. The van der Waals surface area contributed by atoms with Crippen molar-refractivity contribution in [1.29, 1.82) is 0 Å². The van der Waals surface area contributed by atoms with Gasteiger partial charge in [-0.1, -0.05) is 49.9 Å². The summed E-state index contributed by atoms with van der Waals surface area (Å²) in [6.07, 6.45) is 0. The van der Waals surface area contributed by atoms with Crippen molar-refractivity contribution in [3.05, 3.63) is 58.7 Å². The standard InChI is InChI=1S/C23H27N3O2S/c1-13(2)19-9-7-8-15(4)20(19)24-21(27)17(6)29-23-26-25-22(28-23)18-11-10-14(3)16(5)12-18/h7-13,17H,1-6H3,(H,24,27). The van der Waals surface area contributed by atoms with Gasteiger partial charge in [-0.25, -0.2) is 0 Å². The first-order valence-electron chi connectivity index (χ1n) is 9.74. The highest BCUT2D eigenvalue weighted by atomic mass is 32.2. The Morgan fingerprint density at radius 2 is 1.76 bits per heavy atom. The smallest absolute Gasteiger partial charge is 0.277 e. The van der Waals surface area contributed by atoms with Gasteiger partial charge in [0.05, 0.1) is 5.25 Å². The molecule has 152 valence electrons. The number of nitrogens with zero attached hydrogens (tertiary/aromatic N) is 2. The van der Waals surface area contributed by atoms with Crippen LogP contribution in [0.25, 0.3) is 11.5 Å². The number of hydrogen-bond acceptors (Lipinski definition) is 5. The maximum atomic E-state index is 12.8. The van der Waals surface area contributed by atoms with E-state index in [2.05, 4.69) is 42.4 Å². The summed E-state index contributed by atoms with van der Waals surface area (Å²) in [5.41, 5.74) is 6.33. The van der Waals surface area contributed by atoms with Gasteiger partial charge in [-0.05, 0) is 68.0 Å². The molecule has 1 heterocycles. The van der Waals surface area contributed by atoms with E-state index in [1.165, 1.54) is 22.9 Å². The number of para-hydroxylation sites is 1. The van der Waals surface area contributed by atoms with Gasteiger partial charge in [0.1, 0.15) is 0 Å². The van der Waals surface area contributed by atoms with Crippen LogP contribution in [-0.4, -0.2) is 21.4 Å². The largest absolute Gasteiger partial charge is 0.411 e. The van der Waals surface area contributed by atoms with E-state index in [1.807, 2.05) is 51.1 Å². The van der Waals surface area contributed by atoms with E-state index in [0.29, 0.717) is 17.0 Å². The molecule has 6 heteroatoms. The van der Waals surface area contributed by atoms with Crippen molar-refractivity contribution in [3.63, 3.8) is 0 Å². The molecule has 1 N–H and O–H groups in total. The summed E-state index contributed by atoms with van der Waals surface area (Å²) in [5, 5.41) is 11.3. The summed E-state index contributed by atoms with van der Waals surface area (Å²) in [5.74, 6) is 0.700. The fraction of sp³-hybridized carbons (Fsp3) is 0.348. The summed E-state index contributed by atoms with van der Waals surface area (Å²) in [7, 11) is 0. The minimum absolute atomic E-state index is 0.0860. The average molecular weight is 410 g/mol. The lowest BCUT2D eigenvalue weighted by atomic mass is 9.98. The third kappa shape index (κ3) is 4.88. The predicted molar refractivity (Wildman–Crippen MR) is 118 cm³/mol. The van der Waals surface area contributed by atoms with Gasteiger partial charge in [0.15, 0.2) is 0 Å². The Labute approximate surface area is 176 Å². The summed E-state index contributed by atoms with van der Waals surface area (Å²) in [6.45, 7) is 12.2. The minimum Gasteiger partial charge on any atom is -0.411 e. The minimum atomic E-state index is -0.373. The number of aromatic nitrogens is 2. The fourth-order valence-corrected chi connectivity index (χ4v) is 3.70. The molecule has 0 aliphatic rings. The molecule has 0 bridgehead atoms. The Morgan fingerprint density at radius 3 is 2.45 bits per heavy atom. The van der Waals surface area contributed by atoms with E-state index in [0.717, 1.165) is 22.4 Å². The summed E-state index contributed by atoms with van der Waals surface area (Å²) >= 11 is 1.26. The summed E-state index contributed by atoms with van der Waals surface area (Å²) in [4.78, 5) is 12.8. The zero-order chi connectivity index (χ0) is 21.1. The molecule has 0 spiro atoms. The van der Waals surface area contributed by atoms with Crippen LogP contribution in [0.5, 0.6) is 0 Å². The van der Waals surface area contributed by atoms with E-state index in [-0.39, 0.29) is 11.2 Å². The first kappa shape index (κ1) is 21.1. The van der Waals surface area contributed by atoms with E-state index < -0.39 is 0 Å². The zero-order valence-electron chi connectivity index (χ0n) is 17.7. The van der Waals surface area contributed by atoms with Gasteiger partial charge in [-0.15, -0.1) is 10.2 Å². The molecule has 3 rings (SSSR count). The third-order valence-electron chi connectivity index (χ3n) is 4.98.